The first-order valence-corrected chi connectivity index (χ1v) is 21.5. The van der Waals surface area contributed by atoms with Crippen molar-refractivity contribution in [2.24, 2.45) is 0 Å². The average molecular weight is 818 g/mol. The van der Waals surface area contributed by atoms with Crippen LogP contribution >= 0.6 is 0 Å². The van der Waals surface area contributed by atoms with Crippen molar-refractivity contribution >= 4 is 65.4 Å². The van der Waals surface area contributed by atoms with E-state index >= 15 is 0 Å². The van der Waals surface area contributed by atoms with Crippen molar-refractivity contribution < 1.29 is 8.83 Å². The number of aromatic nitrogens is 3. The van der Waals surface area contributed by atoms with Crippen molar-refractivity contribution in [3.63, 3.8) is 0 Å². The number of furan rings is 2. The number of hydrogen-bond acceptors (Lipinski definition) is 5. The van der Waals surface area contributed by atoms with Crippen LogP contribution in [0.15, 0.2) is 221 Å². The van der Waals surface area contributed by atoms with Crippen LogP contribution in [0.5, 0.6) is 0 Å². The first kappa shape index (κ1) is 36.0. The molecule has 3 heterocycles. The topological polar surface area (TPSA) is 65.0 Å². The van der Waals surface area contributed by atoms with Crippen LogP contribution < -0.4 is 0 Å². The molecule has 0 fully saturated rings. The Morgan fingerprint density at radius 2 is 0.781 bits per heavy atom. The van der Waals surface area contributed by atoms with E-state index in [1.165, 1.54) is 16.2 Å². The Morgan fingerprint density at radius 1 is 0.266 bits per heavy atom. The highest BCUT2D eigenvalue weighted by atomic mass is 16.3. The van der Waals surface area contributed by atoms with Gasteiger partial charge in [-0.3, -0.25) is 0 Å². The lowest BCUT2D eigenvalue weighted by Crippen LogP contribution is -2.02. The molecule has 5 nitrogen and oxygen atoms in total. The third kappa shape index (κ3) is 5.90. The second-order valence-electron chi connectivity index (χ2n) is 16.3. The van der Waals surface area contributed by atoms with Gasteiger partial charge in [0, 0.05) is 43.8 Å². The van der Waals surface area contributed by atoms with Crippen LogP contribution in [0.25, 0.3) is 133 Å². The lowest BCUT2D eigenvalue weighted by atomic mass is 9.86. The van der Waals surface area contributed by atoms with E-state index in [4.69, 9.17) is 23.8 Å². The van der Waals surface area contributed by atoms with Crippen LogP contribution in [-0.4, -0.2) is 15.0 Å². The molecule has 0 spiro atoms. The van der Waals surface area contributed by atoms with Gasteiger partial charge in [0.2, 0.25) is 0 Å². The molecule has 0 saturated heterocycles. The molecule has 13 rings (SSSR count). The zero-order valence-electron chi connectivity index (χ0n) is 34.4. The van der Waals surface area contributed by atoms with Crippen molar-refractivity contribution in [3.8, 4) is 67.5 Å². The van der Waals surface area contributed by atoms with Crippen LogP contribution in [0, 0.1) is 0 Å². The Morgan fingerprint density at radius 3 is 1.47 bits per heavy atom. The zero-order chi connectivity index (χ0) is 42.1. The molecule has 0 aliphatic rings. The van der Waals surface area contributed by atoms with Crippen LogP contribution in [0.3, 0.4) is 0 Å². The minimum absolute atomic E-state index is 0.555. The van der Waals surface area contributed by atoms with E-state index in [-0.39, 0.29) is 0 Å². The van der Waals surface area contributed by atoms with Crippen molar-refractivity contribution in [2.75, 3.05) is 0 Å². The highest BCUT2D eigenvalue weighted by Crippen LogP contribution is 2.45. The molecule has 3 aromatic heterocycles. The maximum atomic E-state index is 6.56. The molecule has 0 atom stereocenters. The molecule has 0 bridgehead atoms. The van der Waals surface area contributed by atoms with E-state index < -0.39 is 0 Å². The summed E-state index contributed by atoms with van der Waals surface area (Å²) in [6.07, 6.45) is 0. The Kier molecular flexibility index (Phi) is 8.15. The van der Waals surface area contributed by atoms with E-state index in [0.29, 0.717) is 17.5 Å². The van der Waals surface area contributed by atoms with Gasteiger partial charge in [0.25, 0.3) is 0 Å². The summed E-state index contributed by atoms with van der Waals surface area (Å²) in [6.45, 7) is 0. The molecule has 0 saturated carbocycles. The van der Waals surface area contributed by atoms with Gasteiger partial charge in [-0.25, -0.2) is 15.0 Å². The van der Waals surface area contributed by atoms with Gasteiger partial charge in [-0.2, -0.15) is 0 Å². The molecule has 0 amide bonds. The Bertz CT molecular complexity index is 3950. The van der Waals surface area contributed by atoms with E-state index in [1.807, 2.05) is 18.2 Å². The fraction of sp³-hybridized carbons (Fsp3) is 0. The highest BCUT2D eigenvalue weighted by Gasteiger charge is 2.23. The van der Waals surface area contributed by atoms with E-state index in [0.717, 1.165) is 99.3 Å². The second-order valence-corrected chi connectivity index (χ2v) is 16.3. The number of fused-ring (bicyclic) bond motifs is 10. The van der Waals surface area contributed by atoms with Crippen molar-refractivity contribution in [2.45, 2.75) is 0 Å². The normalized spacial score (nSPS) is 11.8. The zero-order valence-corrected chi connectivity index (χ0v) is 34.4. The first-order valence-electron chi connectivity index (χ1n) is 21.5. The monoisotopic (exact) mass is 817 g/mol. The number of hydrogen-bond donors (Lipinski definition) is 0. The average Bonchev–Trinajstić information content (AvgIpc) is 3.95. The summed E-state index contributed by atoms with van der Waals surface area (Å²) in [5, 5.41) is 9.01. The fourth-order valence-electron chi connectivity index (χ4n) is 9.50. The maximum Gasteiger partial charge on any atom is 0.164 e. The smallest absolute Gasteiger partial charge is 0.164 e. The summed E-state index contributed by atoms with van der Waals surface area (Å²) in [4.78, 5) is 15.9. The van der Waals surface area contributed by atoms with E-state index in [2.05, 4.69) is 194 Å². The molecule has 298 valence electrons. The molecule has 0 aliphatic heterocycles. The number of benzene rings is 10. The molecule has 0 aliphatic carbocycles. The molecule has 0 N–H and O–H groups in total. The molecule has 13 aromatic rings. The van der Waals surface area contributed by atoms with Crippen LogP contribution in [-0.2, 0) is 0 Å². The molecule has 10 aromatic carbocycles. The van der Waals surface area contributed by atoms with Gasteiger partial charge in [-0.05, 0) is 97.9 Å². The van der Waals surface area contributed by atoms with Crippen molar-refractivity contribution in [1.29, 1.82) is 0 Å². The quantitative estimate of drug-likeness (QED) is 0.167. The standard InChI is InChI=1S/C59H35N3O2/c1-4-14-36(15-5-1)43-33-47(41-27-29-50-48(32-41)56-45-23-13-11-17-38(45)26-31-52(56)63-50)54(39-18-6-2-7-19-39)49(34-43)59-61-57(40-20-8-3-9-21-40)60-58(62-59)42-24-28-46-53(35-42)64-51-30-25-37-16-10-12-22-44(37)55(46)51/h1-35H. The molecular formula is C59H35N3O2. The van der Waals surface area contributed by atoms with Gasteiger partial charge in [-0.1, -0.05) is 164 Å². The number of nitrogens with zero attached hydrogens (tertiary/aromatic N) is 3. The van der Waals surface area contributed by atoms with E-state index in [9.17, 15) is 0 Å². The highest BCUT2D eigenvalue weighted by molar-refractivity contribution is 6.20. The van der Waals surface area contributed by atoms with Crippen LogP contribution in [0.1, 0.15) is 0 Å². The van der Waals surface area contributed by atoms with Gasteiger partial charge < -0.3 is 8.83 Å². The molecule has 0 unspecified atom stereocenters. The Balaban J connectivity index is 1.09. The van der Waals surface area contributed by atoms with Gasteiger partial charge >= 0.3 is 0 Å². The SMILES string of the molecule is c1ccc(-c2cc(-c3ccc4oc5ccc6ccccc6c5c4c3)c(-c3ccccc3)c(-c3nc(-c4ccccc4)nc(-c4ccc5c(c4)oc4ccc6ccccc6c45)n3)c2)cc1. The van der Waals surface area contributed by atoms with Gasteiger partial charge in [0.1, 0.15) is 22.3 Å². The summed E-state index contributed by atoms with van der Waals surface area (Å²) < 4.78 is 13.0. The first-order chi connectivity index (χ1) is 31.7. The van der Waals surface area contributed by atoms with Crippen LogP contribution in [0.4, 0.5) is 0 Å². The van der Waals surface area contributed by atoms with Crippen LogP contribution in [0.2, 0.25) is 0 Å². The molecular weight excluding hydrogens is 783 g/mol. The second kappa shape index (κ2) is 14.5. The molecule has 64 heavy (non-hydrogen) atoms. The summed E-state index contributed by atoms with van der Waals surface area (Å²) in [7, 11) is 0. The minimum atomic E-state index is 0.555. The van der Waals surface area contributed by atoms with Gasteiger partial charge in [-0.15, -0.1) is 0 Å². The predicted octanol–water partition coefficient (Wildman–Crippen LogP) is 16.0. The minimum Gasteiger partial charge on any atom is -0.456 e. The largest absolute Gasteiger partial charge is 0.456 e. The number of rotatable bonds is 6. The maximum absolute atomic E-state index is 6.56. The third-order valence-corrected chi connectivity index (χ3v) is 12.5. The van der Waals surface area contributed by atoms with Crippen molar-refractivity contribution in [1.82, 2.24) is 15.0 Å². The molecule has 0 radical (unpaired) electrons. The predicted molar refractivity (Wildman–Crippen MR) is 262 cm³/mol. The van der Waals surface area contributed by atoms with Crippen molar-refractivity contribution in [3.05, 3.63) is 212 Å². The fourth-order valence-corrected chi connectivity index (χ4v) is 9.50. The lowest BCUT2D eigenvalue weighted by Gasteiger charge is -2.19. The summed E-state index contributed by atoms with van der Waals surface area (Å²) >= 11 is 0. The molecule has 5 heteroatoms. The van der Waals surface area contributed by atoms with Gasteiger partial charge in [0.15, 0.2) is 17.5 Å². The summed E-state index contributed by atoms with van der Waals surface area (Å²) in [5.41, 5.74) is 12.3. The summed E-state index contributed by atoms with van der Waals surface area (Å²) in [5.74, 6) is 1.71. The summed E-state index contributed by atoms with van der Waals surface area (Å²) in [6, 6.07) is 74.0. The Labute approximate surface area is 367 Å². The third-order valence-electron chi connectivity index (χ3n) is 12.5. The van der Waals surface area contributed by atoms with E-state index in [1.54, 1.807) is 0 Å². The Hall–Kier alpha value is -8.67. The lowest BCUT2D eigenvalue weighted by molar-refractivity contribution is 0.669. The van der Waals surface area contributed by atoms with Gasteiger partial charge in [0.05, 0.1) is 0 Å².